The Morgan fingerprint density at radius 3 is 2.59 bits per heavy atom. The average Bonchev–Trinajstić information content (AvgIpc) is 3.13. The van der Waals surface area contributed by atoms with Gasteiger partial charge in [-0.25, -0.2) is 0 Å². The van der Waals surface area contributed by atoms with Gasteiger partial charge in [-0.05, 0) is 36.2 Å². The summed E-state index contributed by atoms with van der Waals surface area (Å²) in [6.07, 6.45) is 3.73. The number of aromatic nitrogens is 1. The largest absolute Gasteiger partial charge is 0.321 e. The summed E-state index contributed by atoms with van der Waals surface area (Å²) in [5.41, 5.74) is 3.24. The van der Waals surface area contributed by atoms with E-state index in [2.05, 4.69) is 10.3 Å². The summed E-state index contributed by atoms with van der Waals surface area (Å²) in [5.74, 6) is -0.535. The van der Waals surface area contributed by atoms with Gasteiger partial charge in [0.25, 0.3) is 11.8 Å². The van der Waals surface area contributed by atoms with Crippen LogP contribution in [-0.2, 0) is 6.42 Å². The molecule has 2 amide bonds. The maximum absolute atomic E-state index is 12.9. The number of nitrogens with one attached hydrogen (secondary N) is 1. The molecule has 2 heterocycles. The van der Waals surface area contributed by atoms with Crippen LogP contribution in [0.3, 0.4) is 0 Å². The highest BCUT2D eigenvalue weighted by Gasteiger charge is 2.25. The molecule has 5 nitrogen and oxygen atoms in total. The fraction of sp³-hybridized carbons (Fsp3) is 0.0952. The molecule has 0 bridgehead atoms. The Balaban J connectivity index is 1.57. The number of benzene rings is 2. The Kier molecular flexibility index (Phi) is 4.60. The molecule has 6 heteroatoms. The van der Waals surface area contributed by atoms with Crippen LogP contribution in [0, 0.1) is 0 Å². The number of carbonyl (C=O) groups excluding carboxylic acids is 2. The molecule has 0 unspecified atom stereocenters. The van der Waals surface area contributed by atoms with Crippen molar-refractivity contribution >= 4 is 34.8 Å². The lowest BCUT2D eigenvalue weighted by molar-refractivity contribution is 0.0989. The molecule has 0 saturated heterocycles. The number of pyridine rings is 1. The van der Waals surface area contributed by atoms with Gasteiger partial charge in [-0.15, -0.1) is 0 Å². The third-order valence-corrected chi connectivity index (χ3v) is 4.83. The Morgan fingerprint density at radius 2 is 1.74 bits per heavy atom. The average molecular weight is 378 g/mol. The predicted octanol–water partition coefficient (Wildman–Crippen LogP) is 4.19. The van der Waals surface area contributed by atoms with Gasteiger partial charge in [0.15, 0.2) is 0 Å². The molecule has 0 spiro atoms. The highest BCUT2D eigenvalue weighted by Crippen LogP contribution is 2.29. The van der Waals surface area contributed by atoms with E-state index in [9.17, 15) is 9.59 Å². The molecule has 1 aliphatic rings. The van der Waals surface area contributed by atoms with E-state index >= 15 is 0 Å². The van der Waals surface area contributed by atoms with E-state index in [-0.39, 0.29) is 11.8 Å². The summed E-state index contributed by atoms with van der Waals surface area (Å²) in [6.45, 7) is 0.619. The molecule has 1 aromatic heterocycles. The van der Waals surface area contributed by atoms with E-state index in [4.69, 9.17) is 11.6 Å². The van der Waals surface area contributed by atoms with Crippen molar-refractivity contribution in [2.24, 2.45) is 0 Å². The number of anilines is 2. The third-order valence-electron chi connectivity index (χ3n) is 4.50. The fourth-order valence-electron chi connectivity index (χ4n) is 3.14. The van der Waals surface area contributed by atoms with Gasteiger partial charge in [0.2, 0.25) is 0 Å². The first kappa shape index (κ1) is 17.2. The second-order valence-corrected chi connectivity index (χ2v) is 6.64. The second kappa shape index (κ2) is 7.21. The SMILES string of the molecule is O=C(Nc1ccccc1Cl)c1cncc(C(=O)N2CCc3ccccc32)c1. The lowest BCUT2D eigenvalue weighted by Crippen LogP contribution is -2.29. The number of hydrogen-bond donors (Lipinski definition) is 1. The van der Waals surface area contributed by atoms with Gasteiger partial charge in [0, 0.05) is 24.6 Å². The molecule has 134 valence electrons. The third kappa shape index (κ3) is 3.41. The van der Waals surface area contributed by atoms with Crippen LogP contribution < -0.4 is 10.2 Å². The van der Waals surface area contributed by atoms with Crippen molar-refractivity contribution in [3.8, 4) is 0 Å². The molecule has 0 radical (unpaired) electrons. The number of para-hydroxylation sites is 2. The summed E-state index contributed by atoms with van der Waals surface area (Å²) < 4.78 is 0. The van der Waals surface area contributed by atoms with Crippen molar-refractivity contribution < 1.29 is 9.59 Å². The van der Waals surface area contributed by atoms with Gasteiger partial charge in [-0.1, -0.05) is 41.9 Å². The van der Waals surface area contributed by atoms with Gasteiger partial charge in [0.05, 0.1) is 21.8 Å². The molecule has 3 aromatic rings. The number of hydrogen-bond acceptors (Lipinski definition) is 3. The molecule has 1 N–H and O–H groups in total. The number of fused-ring (bicyclic) bond motifs is 1. The van der Waals surface area contributed by atoms with Crippen LogP contribution in [0.1, 0.15) is 26.3 Å². The molecule has 0 fully saturated rings. The van der Waals surface area contributed by atoms with Crippen molar-refractivity contribution in [2.75, 3.05) is 16.8 Å². The van der Waals surface area contributed by atoms with Gasteiger partial charge in [0.1, 0.15) is 0 Å². The zero-order valence-electron chi connectivity index (χ0n) is 14.4. The first-order valence-corrected chi connectivity index (χ1v) is 8.92. The Hall–Kier alpha value is -3.18. The first-order chi connectivity index (χ1) is 13.1. The summed E-state index contributed by atoms with van der Waals surface area (Å²) >= 11 is 6.08. The quantitative estimate of drug-likeness (QED) is 0.744. The van der Waals surface area contributed by atoms with Crippen molar-refractivity contribution in [3.63, 3.8) is 0 Å². The first-order valence-electron chi connectivity index (χ1n) is 8.54. The maximum Gasteiger partial charge on any atom is 0.259 e. The summed E-state index contributed by atoms with van der Waals surface area (Å²) in [6, 6.07) is 16.4. The van der Waals surface area contributed by atoms with Crippen molar-refractivity contribution in [1.29, 1.82) is 0 Å². The second-order valence-electron chi connectivity index (χ2n) is 6.23. The monoisotopic (exact) mass is 377 g/mol. The molecule has 0 aliphatic carbocycles. The van der Waals surface area contributed by atoms with Crippen LogP contribution in [0.5, 0.6) is 0 Å². The zero-order valence-corrected chi connectivity index (χ0v) is 15.1. The normalized spacial score (nSPS) is 12.6. The minimum atomic E-state index is -0.368. The van der Waals surface area contributed by atoms with Crippen molar-refractivity contribution in [2.45, 2.75) is 6.42 Å². The molecule has 0 atom stereocenters. The summed E-state index contributed by atoms with van der Waals surface area (Å²) in [7, 11) is 0. The Bertz CT molecular complexity index is 1040. The molecular weight excluding hydrogens is 362 g/mol. The maximum atomic E-state index is 12.9. The number of nitrogens with zero attached hydrogens (tertiary/aromatic N) is 2. The van der Waals surface area contributed by atoms with Crippen LogP contribution >= 0.6 is 11.6 Å². The van der Waals surface area contributed by atoms with E-state index in [1.165, 1.54) is 12.4 Å². The lowest BCUT2D eigenvalue weighted by Gasteiger charge is -2.17. The number of carbonyl (C=O) groups is 2. The van der Waals surface area contributed by atoms with E-state index in [1.807, 2.05) is 24.3 Å². The fourth-order valence-corrected chi connectivity index (χ4v) is 3.33. The summed E-state index contributed by atoms with van der Waals surface area (Å²) in [5, 5.41) is 3.19. The van der Waals surface area contributed by atoms with Crippen LogP contribution in [0.25, 0.3) is 0 Å². The predicted molar refractivity (Wildman–Crippen MR) is 105 cm³/mol. The summed E-state index contributed by atoms with van der Waals surface area (Å²) in [4.78, 5) is 31.3. The van der Waals surface area contributed by atoms with Gasteiger partial charge < -0.3 is 10.2 Å². The van der Waals surface area contributed by atoms with E-state index in [0.29, 0.717) is 28.4 Å². The van der Waals surface area contributed by atoms with E-state index in [1.54, 1.807) is 35.2 Å². The molecule has 0 saturated carbocycles. The highest BCUT2D eigenvalue weighted by molar-refractivity contribution is 6.33. The van der Waals surface area contributed by atoms with Crippen LogP contribution in [0.15, 0.2) is 67.0 Å². The molecular formula is C21H16ClN3O2. The molecule has 4 rings (SSSR count). The van der Waals surface area contributed by atoms with E-state index < -0.39 is 0 Å². The van der Waals surface area contributed by atoms with Crippen molar-refractivity contribution in [1.82, 2.24) is 4.98 Å². The molecule has 2 aromatic carbocycles. The van der Waals surface area contributed by atoms with Gasteiger partial charge in [-0.3, -0.25) is 14.6 Å². The highest BCUT2D eigenvalue weighted by atomic mass is 35.5. The standard InChI is InChI=1S/C21H16ClN3O2/c22-17-6-2-3-7-18(17)24-20(26)15-11-16(13-23-12-15)21(27)25-10-9-14-5-1-4-8-19(14)25/h1-8,11-13H,9-10H2,(H,24,26). The smallest absolute Gasteiger partial charge is 0.259 e. The lowest BCUT2D eigenvalue weighted by atomic mass is 10.1. The minimum absolute atomic E-state index is 0.167. The number of halogens is 1. The zero-order chi connectivity index (χ0) is 18.8. The number of amides is 2. The molecule has 27 heavy (non-hydrogen) atoms. The van der Waals surface area contributed by atoms with Gasteiger partial charge in [-0.2, -0.15) is 0 Å². The van der Waals surface area contributed by atoms with Crippen LogP contribution in [-0.4, -0.2) is 23.3 Å². The molecule has 1 aliphatic heterocycles. The van der Waals surface area contributed by atoms with Crippen molar-refractivity contribution in [3.05, 3.63) is 88.7 Å². The van der Waals surface area contributed by atoms with Crippen LogP contribution in [0.2, 0.25) is 5.02 Å². The van der Waals surface area contributed by atoms with E-state index in [0.717, 1.165) is 17.7 Å². The minimum Gasteiger partial charge on any atom is -0.321 e. The Labute approximate surface area is 161 Å². The number of rotatable bonds is 3. The topological polar surface area (TPSA) is 62.3 Å². The van der Waals surface area contributed by atoms with Gasteiger partial charge >= 0.3 is 0 Å². The Morgan fingerprint density at radius 1 is 1.00 bits per heavy atom. The van der Waals surface area contributed by atoms with Crippen LogP contribution in [0.4, 0.5) is 11.4 Å².